The lowest BCUT2D eigenvalue weighted by Crippen LogP contribution is -2.20. The summed E-state index contributed by atoms with van der Waals surface area (Å²) in [6.45, 7) is 0.250. The van der Waals surface area contributed by atoms with Crippen LogP contribution in [0.25, 0.3) is 0 Å². The largest absolute Gasteiger partial charge is 0.489 e. The summed E-state index contributed by atoms with van der Waals surface area (Å²) >= 11 is 0. The number of anilines is 1. The molecular formula is C21H18N2O5. The molecule has 0 aliphatic heterocycles. The lowest BCUT2D eigenvalue weighted by Gasteiger charge is -2.09. The van der Waals surface area contributed by atoms with E-state index < -0.39 is 10.8 Å². The molecule has 0 unspecified atom stereocenters. The molecule has 0 spiro atoms. The first-order chi connectivity index (χ1) is 13.6. The molecule has 0 saturated heterocycles. The average Bonchev–Trinajstić information content (AvgIpc) is 2.72. The summed E-state index contributed by atoms with van der Waals surface area (Å²) in [4.78, 5) is 22.2. The van der Waals surface area contributed by atoms with Crippen LogP contribution in [-0.2, 0) is 11.4 Å². The molecule has 28 heavy (non-hydrogen) atoms. The quantitative estimate of drug-likeness (QED) is 0.469. The van der Waals surface area contributed by atoms with Gasteiger partial charge >= 0.3 is 0 Å². The molecule has 3 aromatic rings. The van der Waals surface area contributed by atoms with E-state index in [1.165, 1.54) is 18.2 Å². The van der Waals surface area contributed by atoms with Crippen molar-refractivity contribution in [2.75, 3.05) is 11.9 Å². The Kier molecular flexibility index (Phi) is 6.20. The second-order valence-electron chi connectivity index (χ2n) is 5.89. The summed E-state index contributed by atoms with van der Waals surface area (Å²) in [6.07, 6.45) is 0. The van der Waals surface area contributed by atoms with E-state index in [1.807, 2.05) is 30.3 Å². The van der Waals surface area contributed by atoms with Gasteiger partial charge in [0.1, 0.15) is 18.1 Å². The van der Waals surface area contributed by atoms with E-state index in [9.17, 15) is 14.9 Å². The lowest BCUT2D eigenvalue weighted by molar-refractivity contribution is -0.384. The maximum atomic E-state index is 12.0. The number of amides is 1. The fourth-order valence-corrected chi connectivity index (χ4v) is 2.42. The van der Waals surface area contributed by atoms with E-state index in [-0.39, 0.29) is 12.3 Å². The van der Waals surface area contributed by atoms with E-state index in [0.717, 1.165) is 5.56 Å². The fourth-order valence-electron chi connectivity index (χ4n) is 2.42. The predicted octanol–water partition coefficient (Wildman–Crippen LogP) is 4.19. The topological polar surface area (TPSA) is 90.7 Å². The number of benzene rings is 3. The van der Waals surface area contributed by atoms with Gasteiger partial charge in [-0.25, -0.2) is 0 Å². The highest BCUT2D eigenvalue weighted by Gasteiger charge is 2.09. The minimum absolute atomic E-state index is 0.0928. The van der Waals surface area contributed by atoms with Crippen LogP contribution in [0, 0.1) is 10.1 Å². The van der Waals surface area contributed by atoms with Crippen LogP contribution in [0.15, 0.2) is 78.9 Å². The van der Waals surface area contributed by atoms with Gasteiger partial charge in [-0.1, -0.05) is 36.4 Å². The summed E-state index contributed by atoms with van der Waals surface area (Å²) in [7, 11) is 0. The fraction of sp³-hybridized carbons (Fsp3) is 0.0952. The van der Waals surface area contributed by atoms with Crippen molar-refractivity contribution in [3.63, 3.8) is 0 Å². The molecule has 0 fully saturated rings. The van der Waals surface area contributed by atoms with E-state index in [0.29, 0.717) is 23.8 Å². The van der Waals surface area contributed by atoms with Crippen molar-refractivity contribution in [3.8, 4) is 11.5 Å². The normalized spacial score (nSPS) is 10.1. The van der Waals surface area contributed by atoms with Gasteiger partial charge in [0, 0.05) is 17.8 Å². The molecular weight excluding hydrogens is 360 g/mol. The minimum Gasteiger partial charge on any atom is -0.489 e. The molecule has 0 heterocycles. The third-order valence-electron chi connectivity index (χ3n) is 3.78. The summed E-state index contributed by atoms with van der Waals surface area (Å²) in [5.41, 5.74) is 1.32. The summed E-state index contributed by atoms with van der Waals surface area (Å²) < 4.78 is 11.1. The maximum absolute atomic E-state index is 12.0. The number of carbonyl (C=O) groups excluding carboxylic acids is 1. The van der Waals surface area contributed by atoms with Crippen molar-refractivity contribution in [1.82, 2.24) is 0 Å². The molecule has 0 radical (unpaired) electrons. The number of hydrogen-bond donors (Lipinski definition) is 1. The number of hydrogen-bond acceptors (Lipinski definition) is 5. The summed E-state index contributed by atoms with van der Waals surface area (Å²) in [5.74, 6) is 0.795. The number of nitrogens with one attached hydrogen (secondary N) is 1. The maximum Gasteiger partial charge on any atom is 0.271 e. The van der Waals surface area contributed by atoms with Crippen LogP contribution < -0.4 is 14.8 Å². The number of nitro groups is 1. The number of nitrogens with zero attached hydrogens (tertiary/aromatic N) is 1. The number of rotatable bonds is 8. The van der Waals surface area contributed by atoms with Gasteiger partial charge in [-0.15, -0.1) is 0 Å². The lowest BCUT2D eigenvalue weighted by atomic mass is 10.2. The molecule has 0 aliphatic carbocycles. The van der Waals surface area contributed by atoms with Gasteiger partial charge in [-0.05, 0) is 35.9 Å². The van der Waals surface area contributed by atoms with Crippen molar-refractivity contribution < 1.29 is 19.2 Å². The third-order valence-corrected chi connectivity index (χ3v) is 3.78. The molecule has 3 rings (SSSR count). The number of non-ortho nitro benzene ring substituents is 1. The van der Waals surface area contributed by atoms with E-state index in [4.69, 9.17) is 9.47 Å². The molecule has 0 bridgehead atoms. The Bertz CT molecular complexity index is 943. The zero-order valence-electron chi connectivity index (χ0n) is 14.9. The van der Waals surface area contributed by atoms with Crippen LogP contribution in [0.2, 0.25) is 0 Å². The van der Waals surface area contributed by atoms with Gasteiger partial charge < -0.3 is 14.8 Å². The number of ether oxygens (including phenoxy) is 2. The van der Waals surface area contributed by atoms with E-state index in [1.54, 1.807) is 30.3 Å². The van der Waals surface area contributed by atoms with E-state index >= 15 is 0 Å². The second-order valence-corrected chi connectivity index (χ2v) is 5.89. The molecule has 1 amide bonds. The van der Waals surface area contributed by atoms with Crippen LogP contribution in [0.5, 0.6) is 11.5 Å². The molecule has 0 atom stereocenters. The molecule has 1 N–H and O–H groups in total. The van der Waals surface area contributed by atoms with Gasteiger partial charge in [-0.3, -0.25) is 14.9 Å². The highest BCUT2D eigenvalue weighted by molar-refractivity contribution is 5.92. The number of nitro benzene ring substituents is 1. The Labute approximate surface area is 161 Å². The Morgan fingerprint density at radius 2 is 1.57 bits per heavy atom. The first-order valence-corrected chi connectivity index (χ1v) is 8.54. The highest BCUT2D eigenvalue weighted by atomic mass is 16.6. The van der Waals surface area contributed by atoms with Crippen molar-refractivity contribution in [2.45, 2.75) is 6.61 Å². The van der Waals surface area contributed by atoms with Crippen LogP contribution >= 0.6 is 0 Å². The number of carbonyl (C=O) groups is 1. The Morgan fingerprint density at radius 3 is 2.25 bits per heavy atom. The van der Waals surface area contributed by atoms with Gasteiger partial charge in [0.2, 0.25) is 0 Å². The molecule has 142 valence electrons. The van der Waals surface area contributed by atoms with Crippen LogP contribution in [-0.4, -0.2) is 17.4 Å². The van der Waals surface area contributed by atoms with Gasteiger partial charge in [0.15, 0.2) is 6.61 Å². The third kappa shape index (κ3) is 5.57. The first-order valence-electron chi connectivity index (χ1n) is 8.54. The zero-order chi connectivity index (χ0) is 19.8. The zero-order valence-corrected chi connectivity index (χ0v) is 14.9. The van der Waals surface area contributed by atoms with Crippen LogP contribution in [0.3, 0.4) is 0 Å². The Hall–Kier alpha value is -3.87. The van der Waals surface area contributed by atoms with Gasteiger partial charge in [0.05, 0.1) is 4.92 Å². The standard InChI is InChI=1S/C21H18N2O5/c24-21(22-17-7-4-8-18(13-17)23(25)26)15-28-20-11-9-19(10-12-20)27-14-16-5-2-1-3-6-16/h1-13H,14-15H2,(H,22,24). The highest BCUT2D eigenvalue weighted by Crippen LogP contribution is 2.19. The van der Waals surface area contributed by atoms with Crippen molar-refractivity contribution >= 4 is 17.3 Å². The predicted molar refractivity (Wildman–Crippen MR) is 104 cm³/mol. The Balaban J connectivity index is 1.47. The monoisotopic (exact) mass is 378 g/mol. The first kappa shape index (κ1) is 18.9. The smallest absolute Gasteiger partial charge is 0.271 e. The summed E-state index contributed by atoms with van der Waals surface area (Å²) in [5, 5.41) is 13.3. The van der Waals surface area contributed by atoms with Crippen molar-refractivity contribution in [2.24, 2.45) is 0 Å². The minimum atomic E-state index is -0.520. The van der Waals surface area contributed by atoms with Gasteiger partial charge in [-0.2, -0.15) is 0 Å². The molecule has 0 saturated carbocycles. The Morgan fingerprint density at radius 1 is 0.893 bits per heavy atom. The van der Waals surface area contributed by atoms with Crippen molar-refractivity contribution in [3.05, 3.63) is 94.5 Å². The van der Waals surface area contributed by atoms with E-state index in [2.05, 4.69) is 5.32 Å². The van der Waals surface area contributed by atoms with Crippen molar-refractivity contribution in [1.29, 1.82) is 0 Å². The van der Waals surface area contributed by atoms with Crippen LogP contribution in [0.1, 0.15) is 5.56 Å². The molecule has 0 aromatic heterocycles. The summed E-state index contributed by atoms with van der Waals surface area (Å²) in [6, 6.07) is 22.5. The van der Waals surface area contributed by atoms with Gasteiger partial charge in [0.25, 0.3) is 11.6 Å². The average molecular weight is 378 g/mol. The molecule has 7 heteroatoms. The SMILES string of the molecule is O=C(COc1ccc(OCc2ccccc2)cc1)Nc1cccc([N+](=O)[O-])c1. The molecule has 7 nitrogen and oxygen atoms in total. The van der Waals surface area contributed by atoms with Crippen LogP contribution in [0.4, 0.5) is 11.4 Å². The second kappa shape index (κ2) is 9.18. The molecule has 0 aliphatic rings. The molecule has 3 aromatic carbocycles.